The van der Waals surface area contributed by atoms with Gasteiger partial charge in [0.05, 0.1) is 13.2 Å². The van der Waals surface area contributed by atoms with Crippen LogP contribution in [0, 0.1) is 0 Å². The van der Waals surface area contributed by atoms with Crippen LogP contribution in [0.4, 0.5) is 0 Å². The Labute approximate surface area is 149 Å². The molecule has 0 aliphatic rings. The van der Waals surface area contributed by atoms with E-state index in [2.05, 4.69) is 0 Å². The fourth-order valence-corrected chi connectivity index (χ4v) is 3.61. The number of benzene rings is 2. The Balaban J connectivity index is 1.96. The lowest BCUT2D eigenvalue weighted by molar-refractivity contribution is 0.146. The second-order valence-corrected chi connectivity index (χ2v) is 6.51. The number of ether oxygens (including phenoxy) is 4. The van der Waals surface area contributed by atoms with Crippen LogP contribution >= 0.6 is 11.3 Å². The Kier molecular flexibility index (Phi) is 5.86. The van der Waals surface area contributed by atoms with Gasteiger partial charge in [-0.2, -0.15) is 0 Å². The minimum absolute atomic E-state index is 0.0237. The van der Waals surface area contributed by atoms with Crippen molar-refractivity contribution >= 4 is 31.5 Å². The van der Waals surface area contributed by atoms with Crippen LogP contribution in [-0.4, -0.2) is 40.6 Å². The van der Waals surface area contributed by atoms with E-state index < -0.39 is 0 Å². The van der Waals surface area contributed by atoms with Crippen molar-refractivity contribution < 1.29 is 18.9 Å². The number of fused-ring (bicyclic) bond motifs is 2. The molecule has 0 fully saturated rings. The van der Waals surface area contributed by atoms with Crippen molar-refractivity contribution in [2.75, 3.05) is 40.6 Å². The van der Waals surface area contributed by atoms with E-state index in [9.17, 15) is 4.79 Å². The molecule has 5 nitrogen and oxygen atoms in total. The van der Waals surface area contributed by atoms with Crippen molar-refractivity contribution in [2.24, 2.45) is 0 Å². The minimum Gasteiger partial charge on any atom is -0.491 e. The molecule has 1 heterocycles. The van der Waals surface area contributed by atoms with Gasteiger partial charge >= 0.3 is 0 Å². The number of hydrogen-bond donors (Lipinski definition) is 0. The molecule has 0 spiro atoms. The van der Waals surface area contributed by atoms with Crippen molar-refractivity contribution in [3.05, 3.63) is 46.6 Å². The van der Waals surface area contributed by atoms with Gasteiger partial charge in [0.25, 0.3) is 0 Å². The molecule has 0 amide bonds. The van der Waals surface area contributed by atoms with Crippen LogP contribution < -0.4 is 14.9 Å². The number of methoxy groups -OCH3 is 2. The Hall–Kier alpha value is -2.15. The topological polar surface area (TPSA) is 54.0 Å². The van der Waals surface area contributed by atoms with Crippen molar-refractivity contribution in [3.8, 4) is 11.5 Å². The molecule has 0 N–H and O–H groups in total. The lowest BCUT2D eigenvalue weighted by Gasteiger charge is -2.08. The van der Waals surface area contributed by atoms with Gasteiger partial charge in [-0.1, -0.05) is 0 Å². The Morgan fingerprint density at radius 1 is 0.760 bits per heavy atom. The van der Waals surface area contributed by atoms with Crippen LogP contribution in [0.25, 0.3) is 20.2 Å². The van der Waals surface area contributed by atoms with E-state index in [1.807, 2.05) is 36.4 Å². The quantitative estimate of drug-likeness (QED) is 0.455. The maximum Gasteiger partial charge on any atom is 0.195 e. The molecule has 25 heavy (non-hydrogen) atoms. The molecule has 1 aromatic heterocycles. The number of rotatable bonds is 8. The van der Waals surface area contributed by atoms with Crippen LogP contribution in [0.3, 0.4) is 0 Å². The van der Waals surface area contributed by atoms with Gasteiger partial charge in [-0.05, 0) is 36.4 Å². The summed E-state index contributed by atoms with van der Waals surface area (Å²) in [5.41, 5.74) is 0.0237. The molecular formula is C19H20O5S. The van der Waals surface area contributed by atoms with Gasteiger partial charge in [-0.3, -0.25) is 4.79 Å². The molecule has 0 saturated heterocycles. The Bertz CT molecular complexity index is 848. The molecule has 6 heteroatoms. The first-order valence-electron chi connectivity index (χ1n) is 7.97. The SMILES string of the molecule is COCCOc1ccc2c(=O)c3ccc(OCCOC)cc3sc2c1. The van der Waals surface area contributed by atoms with E-state index in [0.717, 1.165) is 20.9 Å². The second-order valence-electron chi connectivity index (χ2n) is 5.43. The maximum atomic E-state index is 12.7. The molecule has 0 atom stereocenters. The van der Waals surface area contributed by atoms with Gasteiger partial charge in [-0.25, -0.2) is 0 Å². The number of hydrogen-bond acceptors (Lipinski definition) is 6. The fourth-order valence-electron chi connectivity index (χ4n) is 2.48. The highest BCUT2D eigenvalue weighted by molar-refractivity contribution is 7.24. The largest absolute Gasteiger partial charge is 0.491 e. The molecule has 0 bridgehead atoms. The summed E-state index contributed by atoms with van der Waals surface area (Å²) < 4.78 is 23.0. The molecule has 3 rings (SSSR count). The third-order valence-corrected chi connectivity index (χ3v) is 4.84. The first kappa shape index (κ1) is 17.7. The van der Waals surface area contributed by atoms with E-state index in [4.69, 9.17) is 18.9 Å². The van der Waals surface area contributed by atoms with E-state index in [1.54, 1.807) is 25.6 Å². The van der Waals surface area contributed by atoms with Crippen LogP contribution in [0.5, 0.6) is 11.5 Å². The second kappa shape index (κ2) is 8.29. The van der Waals surface area contributed by atoms with E-state index in [1.165, 1.54) is 0 Å². The van der Waals surface area contributed by atoms with E-state index in [0.29, 0.717) is 37.2 Å². The molecule has 3 aromatic rings. The zero-order valence-corrected chi connectivity index (χ0v) is 15.1. The predicted molar refractivity (Wildman–Crippen MR) is 100 cm³/mol. The minimum atomic E-state index is 0.0237. The predicted octanol–water partition coefficient (Wildman–Crippen LogP) is 3.47. The fraction of sp³-hybridized carbons (Fsp3) is 0.316. The molecule has 0 aliphatic carbocycles. The molecule has 132 valence electrons. The highest BCUT2D eigenvalue weighted by Gasteiger charge is 2.08. The average Bonchev–Trinajstić information content (AvgIpc) is 2.62. The van der Waals surface area contributed by atoms with Gasteiger partial charge in [0, 0.05) is 34.4 Å². The summed E-state index contributed by atoms with van der Waals surface area (Å²) in [5.74, 6) is 1.46. The zero-order chi connectivity index (χ0) is 17.6. The summed E-state index contributed by atoms with van der Waals surface area (Å²) >= 11 is 1.55. The van der Waals surface area contributed by atoms with Gasteiger partial charge in [0.2, 0.25) is 0 Å². The van der Waals surface area contributed by atoms with Crippen molar-refractivity contribution in [2.45, 2.75) is 0 Å². The van der Waals surface area contributed by atoms with Crippen molar-refractivity contribution in [3.63, 3.8) is 0 Å². The van der Waals surface area contributed by atoms with Gasteiger partial charge in [0.1, 0.15) is 24.7 Å². The lowest BCUT2D eigenvalue weighted by atomic mass is 10.2. The van der Waals surface area contributed by atoms with E-state index in [-0.39, 0.29) is 5.43 Å². The standard InChI is InChI=1S/C19H20O5S/c1-21-7-9-23-13-3-5-15-17(11-13)25-18-12-14(24-10-8-22-2)4-6-16(18)19(15)20/h3-6,11-12H,7-10H2,1-2H3. The monoisotopic (exact) mass is 360 g/mol. The molecule has 0 radical (unpaired) electrons. The van der Waals surface area contributed by atoms with Crippen molar-refractivity contribution in [1.82, 2.24) is 0 Å². The summed E-state index contributed by atoms with van der Waals surface area (Å²) in [7, 11) is 3.27. The summed E-state index contributed by atoms with van der Waals surface area (Å²) in [6.45, 7) is 1.99. The molecule has 0 aliphatic heterocycles. The summed E-state index contributed by atoms with van der Waals surface area (Å²) in [5, 5.41) is 1.40. The van der Waals surface area contributed by atoms with Gasteiger partial charge < -0.3 is 18.9 Å². The third-order valence-electron chi connectivity index (χ3n) is 3.73. The highest BCUT2D eigenvalue weighted by Crippen LogP contribution is 2.30. The lowest BCUT2D eigenvalue weighted by Crippen LogP contribution is -2.06. The third kappa shape index (κ3) is 4.10. The molecular weight excluding hydrogens is 340 g/mol. The summed E-state index contributed by atoms with van der Waals surface area (Å²) in [4.78, 5) is 12.7. The van der Waals surface area contributed by atoms with Crippen LogP contribution in [0.15, 0.2) is 41.2 Å². The highest BCUT2D eigenvalue weighted by atomic mass is 32.1. The maximum absolute atomic E-state index is 12.7. The van der Waals surface area contributed by atoms with Crippen LogP contribution in [0.1, 0.15) is 0 Å². The average molecular weight is 360 g/mol. The molecule has 2 aromatic carbocycles. The summed E-state index contributed by atoms with van der Waals surface area (Å²) in [6, 6.07) is 11.1. The molecule has 0 unspecified atom stereocenters. The normalized spacial score (nSPS) is 11.1. The first-order valence-corrected chi connectivity index (χ1v) is 8.78. The van der Waals surface area contributed by atoms with Gasteiger partial charge in [0.15, 0.2) is 5.43 Å². The summed E-state index contributed by atoms with van der Waals surface area (Å²) in [6.07, 6.45) is 0. The first-order chi connectivity index (χ1) is 12.2. The van der Waals surface area contributed by atoms with E-state index >= 15 is 0 Å². The Morgan fingerprint density at radius 3 is 1.68 bits per heavy atom. The smallest absolute Gasteiger partial charge is 0.195 e. The zero-order valence-electron chi connectivity index (χ0n) is 14.2. The van der Waals surface area contributed by atoms with Crippen LogP contribution in [0.2, 0.25) is 0 Å². The van der Waals surface area contributed by atoms with Gasteiger partial charge in [-0.15, -0.1) is 11.3 Å². The van der Waals surface area contributed by atoms with Crippen molar-refractivity contribution in [1.29, 1.82) is 0 Å². The molecule has 0 saturated carbocycles. The Morgan fingerprint density at radius 2 is 1.24 bits per heavy atom. The van der Waals surface area contributed by atoms with Crippen LogP contribution in [-0.2, 0) is 9.47 Å².